The molecule has 0 unspecified atom stereocenters. The van der Waals surface area contributed by atoms with E-state index in [0.717, 1.165) is 19.2 Å². The summed E-state index contributed by atoms with van der Waals surface area (Å²) in [6.07, 6.45) is -4.70. The maximum Gasteiger partial charge on any atom is 0.402 e. The SMILES string of the molecule is Cc1c(Br)cc(S(=O)(=O)N(C)CC(F)(F)F)cc1C(=O)O. The van der Waals surface area contributed by atoms with Gasteiger partial charge in [-0.15, -0.1) is 0 Å². The van der Waals surface area contributed by atoms with Crippen molar-refractivity contribution in [3.8, 4) is 0 Å². The van der Waals surface area contributed by atoms with Crippen molar-refractivity contribution in [1.29, 1.82) is 0 Å². The Balaban J connectivity index is 3.36. The van der Waals surface area contributed by atoms with Gasteiger partial charge in [0.05, 0.1) is 10.5 Å². The minimum atomic E-state index is -4.70. The second-order valence-corrected chi connectivity index (χ2v) is 7.16. The summed E-state index contributed by atoms with van der Waals surface area (Å²) in [6.45, 7) is -0.216. The van der Waals surface area contributed by atoms with Crippen LogP contribution in [0, 0.1) is 6.92 Å². The molecule has 0 amide bonds. The smallest absolute Gasteiger partial charge is 0.402 e. The normalized spacial score (nSPS) is 12.7. The summed E-state index contributed by atoms with van der Waals surface area (Å²) in [5, 5.41) is 9.00. The first kappa shape index (κ1) is 17.9. The highest BCUT2D eigenvalue weighted by atomic mass is 79.9. The molecule has 0 fully saturated rings. The number of benzene rings is 1. The Hall–Kier alpha value is -1.13. The molecule has 0 atom stereocenters. The monoisotopic (exact) mass is 389 g/mol. The van der Waals surface area contributed by atoms with Crippen molar-refractivity contribution < 1.29 is 31.5 Å². The van der Waals surface area contributed by atoms with Crippen LogP contribution >= 0.6 is 15.9 Å². The molecular formula is C11H11BrF3NO4S. The van der Waals surface area contributed by atoms with Crippen molar-refractivity contribution in [2.75, 3.05) is 13.6 Å². The van der Waals surface area contributed by atoms with Crippen molar-refractivity contribution in [2.45, 2.75) is 18.0 Å². The van der Waals surface area contributed by atoms with E-state index < -0.39 is 33.6 Å². The van der Waals surface area contributed by atoms with Gasteiger partial charge in [0.15, 0.2) is 0 Å². The molecule has 1 rings (SSSR count). The van der Waals surface area contributed by atoms with Crippen LogP contribution in [0.3, 0.4) is 0 Å². The molecule has 1 aromatic carbocycles. The highest BCUT2D eigenvalue weighted by Crippen LogP contribution is 2.27. The first-order chi connectivity index (χ1) is 9.36. The van der Waals surface area contributed by atoms with Crippen molar-refractivity contribution in [1.82, 2.24) is 4.31 Å². The van der Waals surface area contributed by atoms with Crippen LogP contribution in [0.1, 0.15) is 15.9 Å². The minimum Gasteiger partial charge on any atom is -0.478 e. The van der Waals surface area contributed by atoms with Crippen molar-refractivity contribution in [2.24, 2.45) is 0 Å². The van der Waals surface area contributed by atoms with E-state index in [1.807, 2.05) is 0 Å². The van der Waals surface area contributed by atoms with Crippen LogP contribution < -0.4 is 0 Å². The van der Waals surface area contributed by atoms with Crippen LogP contribution in [0.2, 0.25) is 0 Å². The lowest BCUT2D eigenvalue weighted by atomic mass is 10.1. The average Bonchev–Trinajstić information content (AvgIpc) is 2.29. The maximum atomic E-state index is 12.3. The molecule has 0 bridgehead atoms. The van der Waals surface area contributed by atoms with Crippen LogP contribution in [0.4, 0.5) is 13.2 Å². The first-order valence-corrected chi connectivity index (χ1v) is 7.66. The Kier molecular flexibility index (Phi) is 5.06. The Bertz CT molecular complexity index is 673. The third-order valence-electron chi connectivity index (χ3n) is 2.66. The number of alkyl halides is 3. The van der Waals surface area contributed by atoms with Crippen LogP contribution in [-0.4, -0.2) is 43.6 Å². The number of rotatable bonds is 4. The number of halogens is 4. The van der Waals surface area contributed by atoms with Gasteiger partial charge in [-0.2, -0.15) is 17.5 Å². The topological polar surface area (TPSA) is 74.7 Å². The molecule has 118 valence electrons. The van der Waals surface area contributed by atoms with E-state index in [-0.39, 0.29) is 19.9 Å². The zero-order chi connectivity index (χ0) is 16.6. The summed E-state index contributed by atoms with van der Waals surface area (Å²) in [5.74, 6) is -1.37. The van der Waals surface area contributed by atoms with Gasteiger partial charge in [-0.3, -0.25) is 0 Å². The first-order valence-electron chi connectivity index (χ1n) is 5.43. The van der Waals surface area contributed by atoms with E-state index >= 15 is 0 Å². The van der Waals surface area contributed by atoms with Gasteiger partial charge in [-0.25, -0.2) is 13.2 Å². The molecule has 0 aliphatic heterocycles. The highest BCUT2D eigenvalue weighted by Gasteiger charge is 2.35. The summed E-state index contributed by atoms with van der Waals surface area (Å²) in [7, 11) is -3.67. The quantitative estimate of drug-likeness (QED) is 0.858. The average molecular weight is 390 g/mol. The number of carboxylic acid groups (broad SMARTS) is 1. The second kappa shape index (κ2) is 5.93. The largest absolute Gasteiger partial charge is 0.478 e. The summed E-state index contributed by atoms with van der Waals surface area (Å²) in [5.41, 5.74) is -0.0247. The zero-order valence-corrected chi connectivity index (χ0v) is 13.3. The summed E-state index contributed by atoms with van der Waals surface area (Å²) in [6, 6.07) is 1.91. The molecule has 0 aromatic heterocycles. The van der Waals surface area contributed by atoms with Gasteiger partial charge < -0.3 is 5.11 Å². The fraction of sp³-hybridized carbons (Fsp3) is 0.364. The molecule has 0 spiro atoms. The minimum absolute atomic E-state index is 0.121. The standard InChI is InChI=1S/C11H11BrF3NO4S/c1-6-8(10(17)18)3-7(4-9(6)12)21(19,20)16(2)5-11(13,14)15/h3-4H,5H2,1-2H3,(H,17,18). The van der Waals surface area contributed by atoms with Gasteiger partial charge in [0.2, 0.25) is 10.0 Å². The molecule has 0 radical (unpaired) electrons. The number of carbonyl (C=O) groups is 1. The maximum absolute atomic E-state index is 12.3. The lowest BCUT2D eigenvalue weighted by Crippen LogP contribution is -2.35. The Morgan fingerprint density at radius 3 is 2.33 bits per heavy atom. The number of carboxylic acids is 1. The summed E-state index contributed by atoms with van der Waals surface area (Å²) >= 11 is 3.00. The van der Waals surface area contributed by atoms with Gasteiger partial charge in [-0.1, -0.05) is 15.9 Å². The van der Waals surface area contributed by atoms with Gasteiger partial charge in [-0.05, 0) is 24.6 Å². The van der Waals surface area contributed by atoms with E-state index in [0.29, 0.717) is 0 Å². The molecule has 0 heterocycles. The Morgan fingerprint density at radius 2 is 1.90 bits per heavy atom. The number of hydrogen-bond donors (Lipinski definition) is 1. The van der Waals surface area contributed by atoms with Gasteiger partial charge in [0, 0.05) is 11.5 Å². The summed E-state index contributed by atoms with van der Waals surface area (Å²) < 4.78 is 61.3. The molecule has 21 heavy (non-hydrogen) atoms. The number of hydrogen-bond acceptors (Lipinski definition) is 3. The van der Waals surface area contributed by atoms with Crippen molar-refractivity contribution >= 4 is 31.9 Å². The lowest BCUT2D eigenvalue weighted by Gasteiger charge is -2.19. The highest BCUT2D eigenvalue weighted by molar-refractivity contribution is 9.10. The third kappa shape index (κ3) is 4.17. The second-order valence-electron chi connectivity index (χ2n) is 4.26. The van der Waals surface area contributed by atoms with Crippen LogP contribution in [0.5, 0.6) is 0 Å². The van der Waals surface area contributed by atoms with Gasteiger partial charge in [0.25, 0.3) is 0 Å². The molecule has 1 N–H and O–H groups in total. The zero-order valence-electron chi connectivity index (χ0n) is 10.9. The fourth-order valence-electron chi connectivity index (χ4n) is 1.54. The van der Waals surface area contributed by atoms with E-state index in [1.165, 1.54) is 6.92 Å². The Morgan fingerprint density at radius 1 is 1.38 bits per heavy atom. The number of sulfonamides is 1. The fourth-order valence-corrected chi connectivity index (χ4v) is 3.36. The van der Waals surface area contributed by atoms with E-state index in [9.17, 15) is 26.4 Å². The molecule has 5 nitrogen and oxygen atoms in total. The van der Waals surface area contributed by atoms with E-state index in [2.05, 4.69) is 15.9 Å². The molecular weight excluding hydrogens is 379 g/mol. The lowest BCUT2D eigenvalue weighted by molar-refractivity contribution is -0.134. The molecule has 0 aliphatic carbocycles. The van der Waals surface area contributed by atoms with Crippen molar-refractivity contribution in [3.05, 3.63) is 27.7 Å². The van der Waals surface area contributed by atoms with Gasteiger partial charge in [0.1, 0.15) is 6.54 Å². The van der Waals surface area contributed by atoms with Crippen LogP contribution in [0.15, 0.2) is 21.5 Å². The van der Waals surface area contributed by atoms with E-state index in [1.54, 1.807) is 0 Å². The van der Waals surface area contributed by atoms with Crippen molar-refractivity contribution in [3.63, 3.8) is 0 Å². The number of nitrogens with zero attached hydrogens (tertiary/aromatic N) is 1. The predicted octanol–water partition coefficient (Wildman–Crippen LogP) is 2.64. The summed E-state index contributed by atoms with van der Waals surface area (Å²) in [4.78, 5) is 10.5. The molecule has 10 heteroatoms. The predicted molar refractivity (Wildman–Crippen MR) is 71.7 cm³/mol. The van der Waals surface area contributed by atoms with Crippen LogP contribution in [0.25, 0.3) is 0 Å². The third-order valence-corrected chi connectivity index (χ3v) is 5.26. The molecule has 1 aromatic rings. The Labute approximate surface area is 127 Å². The van der Waals surface area contributed by atoms with Gasteiger partial charge >= 0.3 is 12.1 Å². The molecule has 0 saturated heterocycles. The van der Waals surface area contributed by atoms with Crippen LogP contribution in [-0.2, 0) is 10.0 Å². The van der Waals surface area contributed by atoms with E-state index in [4.69, 9.17) is 5.11 Å². The molecule has 0 saturated carbocycles. The number of aromatic carboxylic acids is 1. The molecule has 0 aliphatic rings.